The number of hydrogen-bond donors (Lipinski definition) is 1. The molecule has 0 unspecified atom stereocenters. The zero-order valence-electron chi connectivity index (χ0n) is 10.2. The van der Waals surface area contributed by atoms with E-state index in [2.05, 4.69) is 26.1 Å². The molecule has 0 bridgehead atoms. The van der Waals surface area contributed by atoms with Gasteiger partial charge in [0.1, 0.15) is 5.82 Å². The lowest BCUT2D eigenvalue weighted by molar-refractivity contribution is 0.385. The number of benzene rings is 1. The average molecular weight is 241 g/mol. The Morgan fingerprint density at radius 1 is 1.25 bits per heavy atom. The maximum Gasteiger partial charge on any atom is 0.136 e. The van der Waals surface area contributed by atoms with E-state index in [0.717, 1.165) is 23.7 Å². The number of nitrogens with one attached hydrogen (secondary N) is 1. The van der Waals surface area contributed by atoms with E-state index in [4.69, 9.17) is 0 Å². The largest absolute Gasteiger partial charge is 0.315 e. The Labute approximate surface area is 102 Å². The van der Waals surface area contributed by atoms with Gasteiger partial charge < -0.3 is 5.32 Å². The minimum atomic E-state index is -0.122. The van der Waals surface area contributed by atoms with Crippen molar-refractivity contribution in [3.63, 3.8) is 0 Å². The molecule has 1 nitrogen and oxygen atoms in total. The second kappa shape index (κ2) is 6.26. The number of thioether (sulfide) groups is 1. The van der Waals surface area contributed by atoms with Crippen LogP contribution in [0.1, 0.15) is 20.8 Å². The Kier molecular flexibility index (Phi) is 5.29. The first-order chi connectivity index (χ1) is 7.49. The highest BCUT2D eigenvalue weighted by atomic mass is 32.2. The van der Waals surface area contributed by atoms with Gasteiger partial charge >= 0.3 is 0 Å². The Morgan fingerprint density at radius 2 is 1.94 bits per heavy atom. The minimum Gasteiger partial charge on any atom is -0.315 e. The number of rotatable bonds is 5. The molecule has 0 aromatic heterocycles. The molecule has 0 aliphatic carbocycles. The summed E-state index contributed by atoms with van der Waals surface area (Å²) in [4.78, 5) is 0.736. The maximum absolute atomic E-state index is 13.2. The summed E-state index contributed by atoms with van der Waals surface area (Å²) in [5.41, 5.74) is 0.308. The van der Waals surface area contributed by atoms with Crippen molar-refractivity contribution in [1.82, 2.24) is 5.32 Å². The average Bonchev–Trinajstić information content (AvgIpc) is 2.18. The molecule has 0 radical (unpaired) electrons. The molecule has 0 saturated heterocycles. The molecule has 0 saturated carbocycles. The number of hydrogen-bond acceptors (Lipinski definition) is 2. The molecule has 0 amide bonds. The molecular formula is C13H20FNS. The molecule has 0 heterocycles. The number of halogens is 1. The molecule has 1 rings (SSSR count). The molecule has 16 heavy (non-hydrogen) atoms. The molecular weight excluding hydrogens is 221 g/mol. The van der Waals surface area contributed by atoms with E-state index in [0.29, 0.717) is 5.41 Å². The van der Waals surface area contributed by atoms with Crippen molar-refractivity contribution in [2.24, 2.45) is 5.41 Å². The Hall–Kier alpha value is -0.540. The van der Waals surface area contributed by atoms with Crippen molar-refractivity contribution < 1.29 is 4.39 Å². The summed E-state index contributed by atoms with van der Waals surface area (Å²) >= 11 is 1.56. The van der Waals surface area contributed by atoms with E-state index in [1.807, 2.05) is 12.1 Å². The SMILES string of the molecule is CC(C)(C)CNCCSc1ccccc1F. The third-order valence-corrected chi connectivity index (χ3v) is 3.08. The summed E-state index contributed by atoms with van der Waals surface area (Å²) < 4.78 is 13.2. The quantitative estimate of drug-likeness (QED) is 0.625. The van der Waals surface area contributed by atoms with Crippen molar-refractivity contribution >= 4 is 11.8 Å². The van der Waals surface area contributed by atoms with E-state index in [9.17, 15) is 4.39 Å². The van der Waals surface area contributed by atoms with Gasteiger partial charge in [0.25, 0.3) is 0 Å². The molecule has 1 aromatic rings. The lowest BCUT2D eigenvalue weighted by Crippen LogP contribution is -2.28. The smallest absolute Gasteiger partial charge is 0.136 e. The van der Waals surface area contributed by atoms with Gasteiger partial charge in [-0.2, -0.15) is 0 Å². The van der Waals surface area contributed by atoms with Gasteiger partial charge in [-0.1, -0.05) is 32.9 Å². The zero-order valence-corrected chi connectivity index (χ0v) is 11.0. The van der Waals surface area contributed by atoms with Gasteiger partial charge in [0.05, 0.1) is 0 Å². The topological polar surface area (TPSA) is 12.0 Å². The minimum absolute atomic E-state index is 0.122. The van der Waals surface area contributed by atoms with Crippen LogP contribution in [0.3, 0.4) is 0 Å². The van der Waals surface area contributed by atoms with Crippen LogP contribution in [0, 0.1) is 11.2 Å². The standard InChI is InChI=1S/C13H20FNS/c1-13(2,3)10-15-8-9-16-12-7-5-4-6-11(12)14/h4-7,15H,8-10H2,1-3H3. The molecule has 90 valence electrons. The van der Waals surface area contributed by atoms with Gasteiger partial charge in [-0.05, 0) is 17.5 Å². The monoisotopic (exact) mass is 241 g/mol. The molecule has 0 aliphatic heterocycles. The van der Waals surface area contributed by atoms with E-state index in [1.54, 1.807) is 17.8 Å². The summed E-state index contributed by atoms with van der Waals surface area (Å²) in [7, 11) is 0. The molecule has 1 aromatic carbocycles. The molecule has 0 spiro atoms. The van der Waals surface area contributed by atoms with Gasteiger partial charge in [-0.3, -0.25) is 0 Å². The van der Waals surface area contributed by atoms with E-state index in [1.165, 1.54) is 6.07 Å². The van der Waals surface area contributed by atoms with Gasteiger partial charge in [-0.15, -0.1) is 11.8 Å². The van der Waals surface area contributed by atoms with Crippen molar-refractivity contribution in [3.8, 4) is 0 Å². The second-order valence-corrected chi connectivity index (χ2v) is 6.15. The third kappa shape index (κ3) is 5.52. The van der Waals surface area contributed by atoms with E-state index >= 15 is 0 Å². The lowest BCUT2D eigenvalue weighted by Gasteiger charge is -2.18. The van der Waals surface area contributed by atoms with Crippen LogP contribution in [0.5, 0.6) is 0 Å². The second-order valence-electron chi connectivity index (χ2n) is 5.02. The fourth-order valence-electron chi connectivity index (χ4n) is 1.26. The molecule has 0 aliphatic rings. The first-order valence-electron chi connectivity index (χ1n) is 5.57. The molecule has 0 fully saturated rings. The van der Waals surface area contributed by atoms with Crippen LogP contribution in [0.15, 0.2) is 29.2 Å². The normalized spacial score (nSPS) is 11.8. The Bertz CT molecular complexity index is 320. The molecule has 0 atom stereocenters. The predicted molar refractivity (Wildman–Crippen MR) is 69.4 cm³/mol. The first kappa shape index (κ1) is 13.5. The van der Waals surface area contributed by atoms with Crippen LogP contribution in [0.2, 0.25) is 0 Å². The van der Waals surface area contributed by atoms with Crippen LogP contribution >= 0.6 is 11.8 Å². The third-order valence-electron chi connectivity index (χ3n) is 2.03. The van der Waals surface area contributed by atoms with Gasteiger partial charge in [-0.25, -0.2) is 4.39 Å². The lowest BCUT2D eigenvalue weighted by atomic mass is 9.97. The Morgan fingerprint density at radius 3 is 2.56 bits per heavy atom. The first-order valence-corrected chi connectivity index (χ1v) is 6.56. The fraction of sp³-hybridized carbons (Fsp3) is 0.538. The highest BCUT2D eigenvalue weighted by Gasteiger charge is 2.08. The summed E-state index contributed by atoms with van der Waals surface area (Å²) in [6.45, 7) is 8.50. The summed E-state index contributed by atoms with van der Waals surface area (Å²) in [6.07, 6.45) is 0. The van der Waals surface area contributed by atoms with Gasteiger partial charge in [0.15, 0.2) is 0 Å². The van der Waals surface area contributed by atoms with Crippen LogP contribution in [-0.2, 0) is 0 Å². The fourth-order valence-corrected chi connectivity index (χ4v) is 2.11. The summed E-state index contributed by atoms with van der Waals surface area (Å²) in [5, 5.41) is 3.37. The highest BCUT2D eigenvalue weighted by Crippen LogP contribution is 2.20. The van der Waals surface area contributed by atoms with Crippen molar-refractivity contribution in [1.29, 1.82) is 0 Å². The highest BCUT2D eigenvalue weighted by molar-refractivity contribution is 7.99. The van der Waals surface area contributed by atoms with Crippen molar-refractivity contribution in [2.45, 2.75) is 25.7 Å². The zero-order chi connectivity index (χ0) is 12.0. The van der Waals surface area contributed by atoms with Gasteiger partial charge in [0, 0.05) is 23.7 Å². The van der Waals surface area contributed by atoms with Gasteiger partial charge in [0.2, 0.25) is 0 Å². The van der Waals surface area contributed by atoms with E-state index < -0.39 is 0 Å². The van der Waals surface area contributed by atoms with Crippen molar-refractivity contribution in [2.75, 3.05) is 18.8 Å². The summed E-state index contributed by atoms with van der Waals surface area (Å²) in [6, 6.07) is 6.92. The van der Waals surface area contributed by atoms with Crippen LogP contribution in [0.4, 0.5) is 4.39 Å². The van der Waals surface area contributed by atoms with Crippen LogP contribution in [0.25, 0.3) is 0 Å². The predicted octanol–water partition coefficient (Wildman–Crippen LogP) is 3.55. The molecule has 1 N–H and O–H groups in total. The van der Waals surface area contributed by atoms with Crippen molar-refractivity contribution in [3.05, 3.63) is 30.1 Å². The Balaban J connectivity index is 2.19. The van der Waals surface area contributed by atoms with Crippen LogP contribution < -0.4 is 5.32 Å². The maximum atomic E-state index is 13.2. The van der Waals surface area contributed by atoms with E-state index in [-0.39, 0.29) is 5.82 Å². The summed E-state index contributed by atoms with van der Waals surface area (Å²) in [5.74, 6) is 0.778. The molecule has 3 heteroatoms. The van der Waals surface area contributed by atoms with Crippen LogP contribution in [-0.4, -0.2) is 18.8 Å².